The summed E-state index contributed by atoms with van der Waals surface area (Å²) >= 11 is 1.61. The number of sulfonamides is 1. The van der Waals surface area contributed by atoms with Gasteiger partial charge in [0.15, 0.2) is 0 Å². The summed E-state index contributed by atoms with van der Waals surface area (Å²) in [5, 5.41) is 7.00. The molecule has 2 aromatic rings. The maximum Gasteiger partial charge on any atom is 0.317 e. The van der Waals surface area contributed by atoms with Crippen molar-refractivity contribution in [1.29, 1.82) is 0 Å². The maximum atomic E-state index is 13.9. The van der Waals surface area contributed by atoms with E-state index in [0.717, 1.165) is 11.6 Å². The number of nitrogens with one attached hydrogen (secondary N) is 1. The summed E-state index contributed by atoms with van der Waals surface area (Å²) < 4.78 is 40.5. The van der Waals surface area contributed by atoms with E-state index >= 15 is 0 Å². The van der Waals surface area contributed by atoms with Crippen LogP contribution in [0.2, 0.25) is 0 Å². The first-order chi connectivity index (χ1) is 13.8. The first-order valence-corrected chi connectivity index (χ1v) is 11.6. The number of amides is 2. The second-order valence-corrected chi connectivity index (χ2v) is 9.73. The second-order valence-electron chi connectivity index (χ2n) is 7.04. The minimum absolute atomic E-state index is 0.0629. The number of carbonyl (C=O) groups excluding carboxylic acids is 1. The van der Waals surface area contributed by atoms with E-state index < -0.39 is 15.8 Å². The van der Waals surface area contributed by atoms with Crippen molar-refractivity contribution in [2.75, 3.05) is 46.8 Å². The van der Waals surface area contributed by atoms with Gasteiger partial charge in [-0.1, -0.05) is 12.1 Å². The Kier molecular flexibility index (Phi) is 6.89. The van der Waals surface area contributed by atoms with E-state index in [-0.39, 0.29) is 43.1 Å². The summed E-state index contributed by atoms with van der Waals surface area (Å²) in [6.07, 6.45) is 0. The van der Waals surface area contributed by atoms with Gasteiger partial charge in [-0.3, -0.25) is 0 Å². The Morgan fingerprint density at radius 2 is 1.90 bits per heavy atom. The number of urea groups is 1. The lowest BCUT2D eigenvalue weighted by Crippen LogP contribution is -2.53. The van der Waals surface area contributed by atoms with Crippen LogP contribution in [0.1, 0.15) is 11.6 Å². The topological polar surface area (TPSA) is 73.0 Å². The Bertz CT molecular complexity index is 927. The summed E-state index contributed by atoms with van der Waals surface area (Å²) in [6.45, 7) is 1.23. The molecule has 1 aliphatic rings. The molecule has 1 fully saturated rings. The molecule has 0 aliphatic carbocycles. The fourth-order valence-corrected chi connectivity index (χ4v) is 5.48. The number of rotatable bonds is 6. The van der Waals surface area contributed by atoms with Crippen LogP contribution in [0.25, 0.3) is 0 Å². The summed E-state index contributed by atoms with van der Waals surface area (Å²) in [7, 11) is 0.00436. The fourth-order valence-electron chi connectivity index (χ4n) is 3.28. The molecule has 10 heteroatoms. The van der Waals surface area contributed by atoms with Crippen LogP contribution in [-0.2, 0) is 10.0 Å². The lowest BCUT2D eigenvalue weighted by molar-refractivity contribution is 0.168. The average Bonchev–Trinajstić information content (AvgIpc) is 3.22. The molecule has 2 amide bonds. The van der Waals surface area contributed by atoms with Crippen molar-refractivity contribution >= 4 is 27.4 Å². The molecule has 29 heavy (non-hydrogen) atoms. The molecular formula is C19H25FN4O3S2. The van der Waals surface area contributed by atoms with Crippen molar-refractivity contribution in [1.82, 2.24) is 19.4 Å². The quantitative estimate of drug-likeness (QED) is 0.748. The van der Waals surface area contributed by atoms with Crippen LogP contribution in [-0.4, -0.2) is 75.4 Å². The molecule has 1 aliphatic heterocycles. The number of likely N-dealkylation sites (N-methyl/N-ethyl adjacent to an activating group) is 1. The summed E-state index contributed by atoms with van der Waals surface area (Å²) in [6, 6.07) is 7.21. The molecule has 1 atom stereocenters. The Hall–Kier alpha value is -2.01. The molecule has 0 bridgehead atoms. The highest BCUT2D eigenvalue weighted by molar-refractivity contribution is 7.89. The van der Waals surface area contributed by atoms with Crippen LogP contribution in [0.4, 0.5) is 9.18 Å². The van der Waals surface area contributed by atoms with Crippen LogP contribution in [0, 0.1) is 5.82 Å². The van der Waals surface area contributed by atoms with Crippen LogP contribution < -0.4 is 5.32 Å². The lowest BCUT2D eigenvalue weighted by atomic mass is 10.1. The first kappa shape index (κ1) is 21.7. The van der Waals surface area contributed by atoms with E-state index in [0.29, 0.717) is 6.54 Å². The number of nitrogens with zero attached hydrogens (tertiary/aromatic N) is 3. The van der Waals surface area contributed by atoms with Gasteiger partial charge in [0.1, 0.15) is 10.7 Å². The van der Waals surface area contributed by atoms with E-state index in [1.54, 1.807) is 16.2 Å². The van der Waals surface area contributed by atoms with E-state index in [9.17, 15) is 17.6 Å². The Morgan fingerprint density at radius 3 is 2.48 bits per heavy atom. The van der Waals surface area contributed by atoms with E-state index in [1.165, 1.54) is 22.5 Å². The standard InChI is InChI=1S/C19H25FN4O3S2/c1-22(2)17(15-7-12-28-14-15)13-21-19(25)23-8-10-24(11-9-23)29(26,27)18-6-4-3-5-16(18)20/h3-7,12,14,17H,8-11,13H2,1-2H3,(H,21,25)/t17-/m1/s1. The molecule has 3 rings (SSSR count). The Balaban J connectivity index is 1.56. The highest BCUT2D eigenvalue weighted by atomic mass is 32.2. The number of piperazine rings is 1. The fraction of sp³-hybridized carbons (Fsp3) is 0.421. The van der Waals surface area contributed by atoms with Crippen LogP contribution in [0.15, 0.2) is 46.0 Å². The number of carbonyl (C=O) groups is 1. The average molecular weight is 441 g/mol. The van der Waals surface area contributed by atoms with Gasteiger partial charge < -0.3 is 15.1 Å². The minimum atomic E-state index is -3.91. The molecule has 0 radical (unpaired) electrons. The molecule has 1 N–H and O–H groups in total. The van der Waals surface area contributed by atoms with Gasteiger partial charge in [0.05, 0.1) is 6.04 Å². The zero-order valence-electron chi connectivity index (χ0n) is 16.4. The summed E-state index contributed by atoms with van der Waals surface area (Å²) in [4.78, 5) is 15.8. The molecule has 158 valence electrons. The van der Waals surface area contributed by atoms with Crippen molar-refractivity contribution in [2.45, 2.75) is 10.9 Å². The van der Waals surface area contributed by atoms with Crippen molar-refractivity contribution in [3.05, 3.63) is 52.5 Å². The van der Waals surface area contributed by atoms with Crippen LogP contribution in [0.5, 0.6) is 0 Å². The van der Waals surface area contributed by atoms with Gasteiger partial charge in [0.2, 0.25) is 10.0 Å². The molecule has 0 saturated carbocycles. The van der Waals surface area contributed by atoms with Crippen molar-refractivity contribution in [3.8, 4) is 0 Å². The molecule has 2 heterocycles. The predicted octanol–water partition coefficient (Wildman–Crippen LogP) is 2.21. The summed E-state index contributed by atoms with van der Waals surface area (Å²) in [5.41, 5.74) is 1.14. The molecule has 1 saturated heterocycles. The molecule has 7 nitrogen and oxygen atoms in total. The third-order valence-corrected chi connectivity index (χ3v) is 7.61. The van der Waals surface area contributed by atoms with E-state index in [1.807, 2.05) is 30.4 Å². The third-order valence-electron chi connectivity index (χ3n) is 4.98. The second kappa shape index (κ2) is 9.21. The van der Waals surface area contributed by atoms with Gasteiger partial charge in [0, 0.05) is 32.7 Å². The van der Waals surface area contributed by atoms with Gasteiger partial charge in [-0.05, 0) is 48.6 Å². The number of hydrogen-bond donors (Lipinski definition) is 1. The lowest BCUT2D eigenvalue weighted by Gasteiger charge is -2.34. The SMILES string of the molecule is CN(C)[C@H](CNC(=O)N1CCN(S(=O)(=O)c2ccccc2F)CC1)c1ccsc1. The molecular weight excluding hydrogens is 415 g/mol. The predicted molar refractivity (Wildman–Crippen MR) is 111 cm³/mol. The van der Waals surface area contributed by atoms with E-state index in [2.05, 4.69) is 10.7 Å². The number of halogens is 1. The zero-order valence-corrected chi connectivity index (χ0v) is 18.0. The number of benzene rings is 1. The highest BCUT2D eigenvalue weighted by Gasteiger charge is 2.32. The van der Waals surface area contributed by atoms with E-state index in [4.69, 9.17) is 0 Å². The minimum Gasteiger partial charge on any atom is -0.336 e. The summed E-state index contributed by atoms with van der Waals surface area (Å²) in [5.74, 6) is -0.768. The van der Waals surface area contributed by atoms with Crippen molar-refractivity contribution in [3.63, 3.8) is 0 Å². The van der Waals surface area contributed by atoms with Gasteiger partial charge in [0.25, 0.3) is 0 Å². The van der Waals surface area contributed by atoms with Crippen LogP contribution >= 0.6 is 11.3 Å². The van der Waals surface area contributed by atoms with Crippen molar-refractivity contribution in [2.24, 2.45) is 0 Å². The number of thiophene rings is 1. The largest absolute Gasteiger partial charge is 0.336 e. The smallest absolute Gasteiger partial charge is 0.317 e. The number of hydrogen-bond acceptors (Lipinski definition) is 5. The zero-order chi connectivity index (χ0) is 21.0. The molecule has 1 aromatic carbocycles. The Morgan fingerprint density at radius 1 is 1.21 bits per heavy atom. The van der Waals surface area contributed by atoms with Gasteiger partial charge >= 0.3 is 6.03 Å². The van der Waals surface area contributed by atoms with Gasteiger partial charge in [-0.25, -0.2) is 17.6 Å². The molecule has 0 spiro atoms. The third kappa shape index (κ3) is 4.95. The van der Waals surface area contributed by atoms with Gasteiger partial charge in [-0.15, -0.1) is 0 Å². The maximum absolute atomic E-state index is 13.9. The van der Waals surface area contributed by atoms with Crippen LogP contribution in [0.3, 0.4) is 0 Å². The monoisotopic (exact) mass is 440 g/mol. The molecule has 0 unspecified atom stereocenters. The van der Waals surface area contributed by atoms with Crippen molar-refractivity contribution < 1.29 is 17.6 Å². The highest BCUT2D eigenvalue weighted by Crippen LogP contribution is 2.21. The van der Waals surface area contributed by atoms with Gasteiger partial charge in [-0.2, -0.15) is 15.6 Å². The first-order valence-electron chi connectivity index (χ1n) is 9.26. The normalized spacial score (nSPS) is 16.8. The molecule has 1 aromatic heterocycles. The Labute approximate surface area is 174 Å².